The van der Waals surface area contributed by atoms with Crippen LogP contribution in [-0.2, 0) is 15.7 Å². The van der Waals surface area contributed by atoms with Gasteiger partial charge in [-0.1, -0.05) is 11.6 Å². The zero-order valence-corrected chi connectivity index (χ0v) is 12.8. The molecule has 1 N–H and O–H groups in total. The first-order valence-corrected chi connectivity index (χ1v) is 6.89. The third-order valence-electron chi connectivity index (χ3n) is 3.20. The highest BCUT2D eigenvalue weighted by Crippen LogP contribution is 2.37. The van der Waals surface area contributed by atoms with Crippen LogP contribution in [-0.4, -0.2) is 23.9 Å². The molecule has 128 valence electrons. The van der Waals surface area contributed by atoms with Gasteiger partial charge in [0.15, 0.2) is 12.0 Å². The highest BCUT2D eigenvalue weighted by molar-refractivity contribution is 6.28. The lowest BCUT2D eigenvalue weighted by Gasteiger charge is -2.10. The van der Waals surface area contributed by atoms with E-state index in [4.69, 9.17) is 16.3 Å². The Balaban J connectivity index is 2.64. The minimum atomic E-state index is -4.81. The molecular weight excluding hydrogens is 353 g/mol. The molecule has 0 saturated heterocycles. The average molecular weight is 363 g/mol. The smallest absolute Gasteiger partial charge is 0.416 e. The van der Waals surface area contributed by atoms with E-state index in [1.165, 1.54) is 13.1 Å². The van der Waals surface area contributed by atoms with Gasteiger partial charge in [-0.15, -0.1) is 0 Å². The van der Waals surface area contributed by atoms with Crippen molar-refractivity contribution in [1.29, 1.82) is 0 Å². The standard InChI is InChI=1S/C14H10ClF3N2O4/c1-19-13-11(12(21)10(24-13)2-3-15)7-4-8(14(16,17)18)6-9(5-7)20(22)23/h2-6,10,19H,1H3/b3-2+. The van der Waals surface area contributed by atoms with Crippen LogP contribution >= 0.6 is 11.6 Å². The summed E-state index contributed by atoms with van der Waals surface area (Å²) >= 11 is 5.39. The van der Waals surface area contributed by atoms with Crippen molar-refractivity contribution in [2.45, 2.75) is 12.3 Å². The van der Waals surface area contributed by atoms with Crippen molar-refractivity contribution in [3.8, 4) is 0 Å². The van der Waals surface area contributed by atoms with Gasteiger partial charge in [0.25, 0.3) is 5.69 Å². The molecule has 0 aliphatic carbocycles. The second-order valence-corrected chi connectivity index (χ2v) is 4.95. The van der Waals surface area contributed by atoms with Crippen LogP contribution in [0.3, 0.4) is 0 Å². The number of non-ortho nitro benzene ring substituents is 1. The van der Waals surface area contributed by atoms with Crippen molar-refractivity contribution in [1.82, 2.24) is 5.32 Å². The van der Waals surface area contributed by atoms with Crippen molar-refractivity contribution in [2.24, 2.45) is 0 Å². The Bertz CT molecular complexity index is 759. The van der Waals surface area contributed by atoms with E-state index in [1.807, 2.05) is 0 Å². The van der Waals surface area contributed by atoms with Crippen molar-refractivity contribution in [3.05, 3.63) is 56.9 Å². The van der Waals surface area contributed by atoms with Crippen molar-refractivity contribution >= 4 is 28.6 Å². The van der Waals surface area contributed by atoms with Crippen molar-refractivity contribution in [2.75, 3.05) is 7.05 Å². The molecule has 10 heteroatoms. The van der Waals surface area contributed by atoms with Crippen LogP contribution in [0, 0.1) is 10.1 Å². The van der Waals surface area contributed by atoms with E-state index in [-0.39, 0.29) is 17.0 Å². The largest absolute Gasteiger partial charge is 0.463 e. The number of alkyl halides is 3. The molecule has 0 fully saturated rings. The van der Waals surface area contributed by atoms with Crippen LogP contribution in [0.4, 0.5) is 18.9 Å². The van der Waals surface area contributed by atoms with E-state index in [9.17, 15) is 28.1 Å². The van der Waals surface area contributed by atoms with E-state index < -0.39 is 34.2 Å². The van der Waals surface area contributed by atoms with Crippen molar-refractivity contribution < 1.29 is 27.6 Å². The maximum absolute atomic E-state index is 13.0. The molecule has 1 unspecified atom stereocenters. The van der Waals surface area contributed by atoms with Gasteiger partial charge in [-0.2, -0.15) is 13.2 Å². The number of rotatable bonds is 4. The molecule has 1 heterocycles. The monoisotopic (exact) mass is 362 g/mol. The number of halogens is 4. The second-order valence-electron chi connectivity index (χ2n) is 4.70. The molecule has 0 amide bonds. The lowest BCUT2D eigenvalue weighted by atomic mass is 9.97. The quantitative estimate of drug-likeness (QED) is 0.657. The number of Topliss-reactive ketones (excluding diaryl/α,β-unsaturated/α-hetero) is 1. The Hall–Kier alpha value is -2.55. The molecule has 0 spiro atoms. The Kier molecular flexibility index (Phi) is 4.83. The molecule has 1 aliphatic heterocycles. The van der Waals surface area contributed by atoms with Gasteiger partial charge in [-0.05, 0) is 17.7 Å². The number of carbonyl (C=O) groups excluding carboxylic acids is 1. The molecule has 0 radical (unpaired) electrons. The number of nitrogens with one attached hydrogen (secondary N) is 1. The summed E-state index contributed by atoms with van der Waals surface area (Å²) < 4.78 is 44.2. The molecule has 1 aliphatic rings. The lowest BCUT2D eigenvalue weighted by Crippen LogP contribution is -2.15. The number of ether oxygens (including phenoxy) is 1. The first-order chi connectivity index (χ1) is 11.2. The van der Waals surface area contributed by atoms with Crippen LogP contribution < -0.4 is 5.32 Å². The van der Waals surface area contributed by atoms with E-state index >= 15 is 0 Å². The summed E-state index contributed by atoms with van der Waals surface area (Å²) in [6.07, 6.45) is -4.72. The molecule has 1 atom stereocenters. The number of nitro benzene ring substituents is 1. The number of ketones is 1. The number of hydrogen-bond donors (Lipinski definition) is 1. The van der Waals surface area contributed by atoms with Crippen LogP contribution in [0.15, 0.2) is 35.7 Å². The molecule has 2 rings (SSSR count). The summed E-state index contributed by atoms with van der Waals surface area (Å²) in [5, 5.41) is 13.5. The molecule has 0 aromatic heterocycles. The number of hydrogen-bond acceptors (Lipinski definition) is 5. The van der Waals surface area contributed by atoms with E-state index in [0.717, 1.165) is 11.6 Å². The maximum Gasteiger partial charge on any atom is 0.416 e. The third-order valence-corrected chi connectivity index (χ3v) is 3.34. The van der Waals surface area contributed by atoms with E-state index in [2.05, 4.69) is 5.32 Å². The first-order valence-electron chi connectivity index (χ1n) is 6.46. The Morgan fingerprint density at radius 1 is 1.38 bits per heavy atom. The predicted octanol–water partition coefficient (Wildman–Crippen LogP) is 3.22. The number of benzene rings is 1. The Morgan fingerprint density at radius 3 is 2.54 bits per heavy atom. The first kappa shape index (κ1) is 17.8. The lowest BCUT2D eigenvalue weighted by molar-refractivity contribution is -0.385. The maximum atomic E-state index is 13.0. The molecule has 0 saturated carbocycles. The van der Waals surface area contributed by atoms with Gasteiger partial charge in [-0.25, -0.2) is 0 Å². The summed E-state index contributed by atoms with van der Waals surface area (Å²) in [5.41, 5.74) is -1.47. The summed E-state index contributed by atoms with van der Waals surface area (Å²) in [6.45, 7) is 0. The average Bonchev–Trinajstić information content (AvgIpc) is 2.82. The number of carbonyl (C=O) groups is 1. The zero-order valence-electron chi connectivity index (χ0n) is 12.1. The van der Waals surface area contributed by atoms with Crippen molar-refractivity contribution in [3.63, 3.8) is 0 Å². The van der Waals surface area contributed by atoms with Gasteiger partial charge in [-0.3, -0.25) is 14.9 Å². The van der Waals surface area contributed by atoms with Gasteiger partial charge in [0.2, 0.25) is 5.78 Å². The van der Waals surface area contributed by atoms with Crippen LogP contribution in [0.1, 0.15) is 11.1 Å². The Labute approximate surface area is 138 Å². The fourth-order valence-electron chi connectivity index (χ4n) is 2.17. The van der Waals surface area contributed by atoms with E-state index in [0.29, 0.717) is 12.1 Å². The van der Waals surface area contributed by atoms with Crippen LogP contribution in [0.5, 0.6) is 0 Å². The summed E-state index contributed by atoms with van der Waals surface area (Å²) in [4.78, 5) is 22.3. The van der Waals surface area contributed by atoms with Gasteiger partial charge in [0.1, 0.15) is 0 Å². The zero-order chi connectivity index (χ0) is 18.1. The van der Waals surface area contributed by atoms with Gasteiger partial charge in [0, 0.05) is 24.7 Å². The molecule has 0 bridgehead atoms. The molecular formula is C14H10ClF3N2O4. The highest BCUT2D eigenvalue weighted by Gasteiger charge is 2.38. The van der Waals surface area contributed by atoms with Crippen LogP contribution in [0.25, 0.3) is 5.57 Å². The Morgan fingerprint density at radius 2 is 2.04 bits per heavy atom. The third kappa shape index (κ3) is 3.35. The normalized spacial score (nSPS) is 18.2. The highest BCUT2D eigenvalue weighted by atomic mass is 35.5. The summed E-state index contributed by atoms with van der Waals surface area (Å²) in [7, 11) is 1.40. The van der Waals surface area contributed by atoms with Crippen LogP contribution in [0.2, 0.25) is 0 Å². The molecule has 24 heavy (non-hydrogen) atoms. The molecule has 1 aromatic rings. The number of nitrogens with zero attached hydrogens (tertiary/aromatic N) is 1. The second kappa shape index (κ2) is 6.52. The van der Waals surface area contributed by atoms with Gasteiger partial charge in [0.05, 0.1) is 16.1 Å². The summed E-state index contributed by atoms with van der Waals surface area (Å²) in [5.74, 6) is -0.752. The van der Waals surface area contributed by atoms with Gasteiger partial charge < -0.3 is 10.1 Å². The minimum Gasteiger partial charge on any atom is -0.463 e. The SMILES string of the molecule is CNC1=C(c2cc([N+](=O)[O-])cc(C(F)(F)F)c2)C(=O)C(/C=C/Cl)O1. The van der Waals surface area contributed by atoms with E-state index in [1.54, 1.807) is 0 Å². The topological polar surface area (TPSA) is 81.5 Å². The fourth-order valence-corrected chi connectivity index (χ4v) is 2.30. The number of nitro groups is 1. The van der Waals surface area contributed by atoms with Gasteiger partial charge >= 0.3 is 6.18 Å². The molecule has 1 aromatic carbocycles. The minimum absolute atomic E-state index is 0.0895. The molecule has 6 nitrogen and oxygen atoms in total. The fraction of sp³-hybridized carbons (Fsp3) is 0.214. The summed E-state index contributed by atoms with van der Waals surface area (Å²) in [6, 6.07) is 1.95. The predicted molar refractivity (Wildman–Crippen MR) is 79.0 cm³/mol.